The number of carbonyl (C=O) groups is 1. The third-order valence-corrected chi connectivity index (χ3v) is 3.65. The van der Waals surface area contributed by atoms with Gasteiger partial charge in [-0.15, -0.1) is 0 Å². The fraction of sp³-hybridized carbons (Fsp3) is 0.235. The highest BCUT2D eigenvalue weighted by Gasteiger charge is 2.15. The maximum Gasteiger partial charge on any atom is 0.255 e. The number of hydrogen-bond acceptors (Lipinski definition) is 2. The quantitative estimate of drug-likeness (QED) is 0.882. The third kappa shape index (κ3) is 2.89. The number of nitrogens with one attached hydrogen (secondary N) is 2. The van der Waals surface area contributed by atoms with E-state index < -0.39 is 5.82 Å². The third-order valence-electron chi connectivity index (χ3n) is 3.65. The topological polar surface area (TPSA) is 41.1 Å². The van der Waals surface area contributed by atoms with Gasteiger partial charge in [-0.05, 0) is 61.2 Å². The van der Waals surface area contributed by atoms with Gasteiger partial charge in [-0.25, -0.2) is 4.39 Å². The number of carbonyl (C=O) groups excluding carboxylic acids is 1. The average Bonchev–Trinajstić information content (AvgIpc) is 2.46. The lowest BCUT2D eigenvalue weighted by atomic mass is 10.0. The van der Waals surface area contributed by atoms with Gasteiger partial charge in [0.1, 0.15) is 5.82 Å². The van der Waals surface area contributed by atoms with Gasteiger partial charge in [0.15, 0.2) is 0 Å². The molecule has 0 aliphatic carbocycles. The number of benzene rings is 2. The minimum absolute atomic E-state index is 0.281. The van der Waals surface area contributed by atoms with Crippen molar-refractivity contribution in [2.45, 2.75) is 19.8 Å². The van der Waals surface area contributed by atoms with Crippen molar-refractivity contribution in [3.8, 4) is 0 Å². The summed E-state index contributed by atoms with van der Waals surface area (Å²) in [7, 11) is 0. The fourth-order valence-electron chi connectivity index (χ4n) is 2.69. The molecule has 1 heterocycles. The number of aryl methyl sites for hydroxylation is 1. The number of amides is 1. The van der Waals surface area contributed by atoms with Gasteiger partial charge in [0.25, 0.3) is 5.91 Å². The Balaban J connectivity index is 1.88. The number of fused-ring (bicyclic) bond motifs is 1. The second-order valence-corrected chi connectivity index (χ2v) is 5.33. The Morgan fingerprint density at radius 1 is 1.29 bits per heavy atom. The van der Waals surface area contributed by atoms with E-state index in [1.54, 1.807) is 13.0 Å². The molecule has 0 bridgehead atoms. The lowest BCUT2D eigenvalue weighted by Gasteiger charge is -2.21. The van der Waals surface area contributed by atoms with Gasteiger partial charge in [-0.1, -0.05) is 6.07 Å². The highest BCUT2D eigenvalue weighted by atomic mass is 19.1. The maximum atomic E-state index is 13.4. The van der Waals surface area contributed by atoms with Crippen LogP contribution >= 0.6 is 0 Å². The summed E-state index contributed by atoms with van der Waals surface area (Å²) < 4.78 is 13.4. The molecule has 3 rings (SSSR count). The molecule has 1 amide bonds. The summed E-state index contributed by atoms with van der Waals surface area (Å²) in [6.07, 6.45) is 1.97. The van der Waals surface area contributed by atoms with Gasteiger partial charge in [0.2, 0.25) is 0 Å². The van der Waals surface area contributed by atoms with Gasteiger partial charge >= 0.3 is 0 Å². The van der Waals surface area contributed by atoms with Gasteiger partial charge in [0.05, 0.1) is 0 Å². The van der Waals surface area contributed by atoms with Crippen molar-refractivity contribution < 1.29 is 9.18 Å². The molecule has 0 saturated heterocycles. The molecule has 1 aliphatic rings. The van der Waals surface area contributed by atoms with Crippen LogP contribution in [0.4, 0.5) is 15.8 Å². The first-order chi connectivity index (χ1) is 10.1. The highest BCUT2D eigenvalue weighted by molar-refractivity contribution is 6.05. The molecular weight excluding hydrogens is 267 g/mol. The van der Waals surface area contributed by atoms with E-state index in [0.717, 1.165) is 41.9 Å². The first-order valence-corrected chi connectivity index (χ1v) is 7.08. The molecule has 2 N–H and O–H groups in total. The Morgan fingerprint density at radius 3 is 2.95 bits per heavy atom. The lowest BCUT2D eigenvalue weighted by Crippen LogP contribution is -2.17. The predicted molar refractivity (Wildman–Crippen MR) is 82.3 cm³/mol. The van der Waals surface area contributed by atoms with E-state index in [4.69, 9.17) is 0 Å². The van der Waals surface area contributed by atoms with Gasteiger partial charge in [0, 0.05) is 23.5 Å². The molecule has 3 nitrogen and oxygen atoms in total. The van der Waals surface area contributed by atoms with Gasteiger partial charge < -0.3 is 10.6 Å². The van der Waals surface area contributed by atoms with Crippen LogP contribution in [-0.4, -0.2) is 12.5 Å². The summed E-state index contributed by atoms with van der Waals surface area (Å²) in [5.41, 5.74) is 4.05. The first-order valence-electron chi connectivity index (χ1n) is 7.08. The van der Waals surface area contributed by atoms with Crippen LogP contribution in [0.15, 0.2) is 36.4 Å². The van der Waals surface area contributed by atoms with Crippen LogP contribution in [0.2, 0.25) is 0 Å². The molecule has 0 fully saturated rings. The Kier molecular flexibility index (Phi) is 3.60. The fourth-order valence-corrected chi connectivity index (χ4v) is 2.69. The number of hydrogen-bond donors (Lipinski definition) is 2. The lowest BCUT2D eigenvalue weighted by molar-refractivity contribution is 0.102. The van der Waals surface area contributed by atoms with E-state index in [0.29, 0.717) is 5.56 Å². The summed E-state index contributed by atoms with van der Waals surface area (Å²) in [5, 5.41) is 6.22. The van der Waals surface area contributed by atoms with Crippen molar-refractivity contribution in [2.24, 2.45) is 0 Å². The molecule has 0 atom stereocenters. The molecule has 0 aromatic heterocycles. The summed E-state index contributed by atoms with van der Waals surface area (Å²) in [6.45, 7) is 2.72. The molecule has 21 heavy (non-hydrogen) atoms. The molecule has 0 unspecified atom stereocenters. The zero-order valence-electron chi connectivity index (χ0n) is 11.9. The van der Waals surface area contributed by atoms with Crippen molar-refractivity contribution in [3.63, 3.8) is 0 Å². The van der Waals surface area contributed by atoms with Crippen molar-refractivity contribution >= 4 is 17.3 Å². The van der Waals surface area contributed by atoms with Crippen LogP contribution in [-0.2, 0) is 6.42 Å². The first kappa shape index (κ1) is 13.6. The molecule has 2 aromatic rings. The average molecular weight is 284 g/mol. The molecule has 4 heteroatoms. The molecule has 0 spiro atoms. The molecule has 108 valence electrons. The van der Waals surface area contributed by atoms with E-state index in [1.165, 1.54) is 12.1 Å². The van der Waals surface area contributed by atoms with E-state index in [1.807, 2.05) is 18.2 Å². The van der Waals surface area contributed by atoms with Crippen molar-refractivity contribution in [1.29, 1.82) is 0 Å². The summed E-state index contributed by atoms with van der Waals surface area (Å²) in [4.78, 5) is 12.3. The highest BCUT2D eigenvalue weighted by Crippen LogP contribution is 2.29. The Bertz CT molecular complexity index is 677. The monoisotopic (exact) mass is 284 g/mol. The molecule has 0 radical (unpaired) electrons. The summed E-state index contributed by atoms with van der Waals surface area (Å²) in [6, 6.07) is 10.2. The van der Waals surface area contributed by atoms with Crippen LogP contribution < -0.4 is 10.6 Å². The second-order valence-electron chi connectivity index (χ2n) is 5.33. The Morgan fingerprint density at radius 2 is 2.14 bits per heavy atom. The van der Waals surface area contributed by atoms with E-state index in [-0.39, 0.29) is 5.91 Å². The number of rotatable bonds is 2. The van der Waals surface area contributed by atoms with Crippen LogP contribution in [0.1, 0.15) is 27.9 Å². The largest absolute Gasteiger partial charge is 0.385 e. The normalized spacial score (nSPS) is 13.2. The van der Waals surface area contributed by atoms with Crippen molar-refractivity contribution in [3.05, 3.63) is 58.9 Å². The smallest absolute Gasteiger partial charge is 0.255 e. The van der Waals surface area contributed by atoms with Crippen LogP contribution in [0.25, 0.3) is 0 Å². The summed E-state index contributed by atoms with van der Waals surface area (Å²) >= 11 is 0. The molecule has 0 saturated carbocycles. The van der Waals surface area contributed by atoms with Crippen LogP contribution in [0.3, 0.4) is 0 Å². The molecule has 1 aliphatic heterocycles. The predicted octanol–water partition coefficient (Wildman–Crippen LogP) is 3.74. The van der Waals surface area contributed by atoms with Gasteiger partial charge in [-0.3, -0.25) is 4.79 Å². The van der Waals surface area contributed by atoms with E-state index in [9.17, 15) is 9.18 Å². The van der Waals surface area contributed by atoms with Crippen LogP contribution in [0.5, 0.6) is 0 Å². The van der Waals surface area contributed by atoms with Crippen LogP contribution in [0, 0.1) is 12.7 Å². The van der Waals surface area contributed by atoms with Gasteiger partial charge in [-0.2, -0.15) is 0 Å². The zero-order chi connectivity index (χ0) is 14.8. The maximum absolute atomic E-state index is 13.4. The minimum atomic E-state index is -0.392. The SMILES string of the molecule is Cc1cc(F)cc(C(=O)Nc2cccc3c2CCCN3)c1. The Labute approximate surface area is 123 Å². The van der Waals surface area contributed by atoms with E-state index in [2.05, 4.69) is 10.6 Å². The molecule has 2 aromatic carbocycles. The number of anilines is 2. The summed E-state index contributed by atoms with van der Waals surface area (Å²) in [5.74, 6) is -0.673. The zero-order valence-corrected chi connectivity index (χ0v) is 11.9. The van der Waals surface area contributed by atoms with E-state index >= 15 is 0 Å². The van der Waals surface area contributed by atoms with Crippen molar-refractivity contribution in [2.75, 3.05) is 17.2 Å². The molecular formula is C17H17FN2O. The second kappa shape index (κ2) is 5.56. The minimum Gasteiger partial charge on any atom is -0.385 e. The number of halogens is 1. The Hall–Kier alpha value is -2.36. The standard InChI is InChI=1S/C17H17FN2O/c1-11-8-12(10-13(18)9-11)17(21)20-16-6-2-5-15-14(16)4-3-7-19-15/h2,5-6,8-10,19H,3-4,7H2,1H3,(H,20,21). The van der Waals surface area contributed by atoms with Crippen molar-refractivity contribution in [1.82, 2.24) is 0 Å².